The molecule has 1 aromatic carbocycles. The first-order valence-electron chi connectivity index (χ1n) is 6.36. The summed E-state index contributed by atoms with van der Waals surface area (Å²) in [4.78, 5) is 10.9. The zero-order valence-corrected chi connectivity index (χ0v) is 10.8. The van der Waals surface area contributed by atoms with E-state index in [-0.39, 0.29) is 6.04 Å². The summed E-state index contributed by atoms with van der Waals surface area (Å²) >= 11 is 0. The molecule has 1 aliphatic rings. The lowest BCUT2D eigenvalue weighted by Crippen LogP contribution is -2.36. The summed E-state index contributed by atoms with van der Waals surface area (Å²) in [6, 6.07) is 5.65. The third-order valence-corrected chi connectivity index (χ3v) is 3.35. The van der Waals surface area contributed by atoms with Gasteiger partial charge in [-0.05, 0) is 30.5 Å². The van der Waals surface area contributed by atoms with Crippen LogP contribution in [0.1, 0.15) is 37.4 Å². The maximum Gasteiger partial charge on any atom is 0.320 e. The van der Waals surface area contributed by atoms with Crippen LogP contribution in [0.25, 0.3) is 0 Å². The van der Waals surface area contributed by atoms with Crippen molar-refractivity contribution in [3.63, 3.8) is 0 Å². The molecule has 1 aromatic rings. The van der Waals surface area contributed by atoms with Gasteiger partial charge < -0.3 is 9.84 Å². The Labute approximate surface area is 107 Å². The summed E-state index contributed by atoms with van der Waals surface area (Å²) in [7, 11) is 0. The zero-order valence-electron chi connectivity index (χ0n) is 10.8. The van der Waals surface area contributed by atoms with Crippen molar-refractivity contribution in [1.82, 2.24) is 5.32 Å². The number of nitrogens with one attached hydrogen (secondary N) is 1. The highest BCUT2D eigenvalue weighted by molar-refractivity contribution is 5.72. The smallest absolute Gasteiger partial charge is 0.320 e. The van der Waals surface area contributed by atoms with Crippen LogP contribution < -0.4 is 10.1 Å². The minimum Gasteiger partial charge on any atom is -0.493 e. The lowest BCUT2D eigenvalue weighted by atomic mass is 10.00. The van der Waals surface area contributed by atoms with E-state index in [2.05, 4.69) is 18.3 Å². The highest BCUT2D eigenvalue weighted by atomic mass is 16.5. The van der Waals surface area contributed by atoms with E-state index >= 15 is 0 Å². The fraction of sp³-hybridized carbons (Fsp3) is 0.500. The van der Waals surface area contributed by atoms with E-state index < -0.39 is 12.0 Å². The molecule has 2 N–H and O–H groups in total. The number of benzene rings is 1. The first-order valence-corrected chi connectivity index (χ1v) is 6.36. The molecule has 0 saturated carbocycles. The quantitative estimate of drug-likeness (QED) is 0.839. The molecule has 1 aliphatic heterocycles. The second-order valence-corrected chi connectivity index (χ2v) is 4.65. The van der Waals surface area contributed by atoms with Gasteiger partial charge in [0, 0.05) is 12.5 Å². The van der Waals surface area contributed by atoms with Gasteiger partial charge in [-0.3, -0.25) is 10.1 Å². The number of hydrogen-bond donors (Lipinski definition) is 2. The molecule has 98 valence electrons. The molecule has 0 spiro atoms. The molecule has 0 fully saturated rings. The van der Waals surface area contributed by atoms with Gasteiger partial charge in [-0.25, -0.2) is 0 Å². The van der Waals surface area contributed by atoms with Crippen molar-refractivity contribution in [3.8, 4) is 5.75 Å². The number of ether oxygens (including phenoxy) is 1. The predicted molar refractivity (Wildman–Crippen MR) is 68.9 cm³/mol. The van der Waals surface area contributed by atoms with Crippen molar-refractivity contribution in [2.24, 2.45) is 0 Å². The average Bonchev–Trinajstić information content (AvgIpc) is 2.82. The number of hydrogen-bond acceptors (Lipinski definition) is 3. The van der Waals surface area contributed by atoms with Crippen LogP contribution in [0.5, 0.6) is 5.75 Å². The number of carboxylic acids is 1. The van der Waals surface area contributed by atoms with Gasteiger partial charge in [0.15, 0.2) is 0 Å². The molecular formula is C14H19NO3. The van der Waals surface area contributed by atoms with E-state index in [0.29, 0.717) is 0 Å². The molecule has 2 unspecified atom stereocenters. The molecule has 4 nitrogen and oxygen atoms in total. The SMILES string of the molecule is CCC(NC(C)C(=O)O)c1ccc2c(c1)CCO2. The van der Waals surface area contributed by atoms with Gasteiger partial charge in [-0.1, -0.05) is 19.1 Å². The van der Waals surface area contributed by atoms with Crippen molar-refractivity contribution in [2.75, 3.05) is 6.61 Å². The monoisotopic (exact) mass is 249 g/mol. The first-order chi connectivity index (χ1) is 8.61. The molecule has 0 bridgehead atoms. The summed E-state index contributed by atoms with van der Waals surface area (Å²) in [5.41, 5.74) is 2.35. The maximum atomic E-state index is 10.9. The van der Waals surface area contributed by atoms with Crippen molar-refractivity contribution in [3.05, 3.63) is 29.3 Å². The summed E-state index contributed by atoms with van der Waals surface area (Å²) < 4.78 is 5.47. The average molecular weight is 249 g/mol. The minimum absolute atomic E-state index is 0.0713. The maximum absolute atomic E-state index is 10.9. The van der Waals surface area contributed by atoms with Crippen LogP contribution in [0, 0.1) is 0 Å². The topological polar surface area (TPSA) is 58.6 Å². The van der Waals surface area contributed by atoms with E-state index in [1.165, 1.54) is 5.56 Å². The van der Waals surface area contributed by atoms with Crippen LogP contribution >= 0.6 is 0 Å². The second kappa shape index (κ2) is 5.40. The standard InChI is InChI=1S/C14H19NO3/c1-3-12(15-9(2)14(16)17)10-4-5-13-11(8-10)6-7-18-13/h4-5,8-9,12,15H,3,6-7H2,1-2H3,(H,16,17). The van der Waals surface area contributed by atoms with Gasteiger partial charge in [0.2, 0.25) is 0 Å². The molecule has 1 heterocycles. The largest absolute Gasteiger partial charge is 0.493 e. The van der Waals surface area contributed by atoms with Gasteiger partial charge in [-0.15, -0.1) is 0 Å². The first kappa shape index (κ1) is 12.9. The van der Waals surface area contributed by atoms with Crippen molar-refractivity contribution >= 4 is 5.97 Å². The lowest BCUT2D eigenvalue weighted by molar-refractivity contribution is -0.139. The summed E-state index contributed by atoms with van der Waals surface area (Å²) in [6.07, 6.45) is 1.80. The van der Waals surface area contributed by atoms with Gasteiger partial charge in [0.25, 0.3) is 0 Å². The van der Waals surface area contributed by atoms with E-state index in [9.17, 15) is 4.79 Å². The Morgan fingerprint density at radius 1 is 1.56 bits per heavy atom. The van der Waals surface area contributed by atoms with Crippen LogP contribution in [0.15, 0.2) is 18.2 Å². The summed E-state index contributed by atoms with van der Waals surface area (Å²) in [5, 5.41) is 12.1. The van der Waals surface area contributed by atoms with E-state index in [4.69, 9.17) is 9.84 Å². The van der Waals surface area contributed by atoms with E-state index in [1.807, 2.05) is 12.1 Å². The molecule has 4 heteroatoms. The number of aliphatic carboxylic acids is 1. The minimum atomic E-state index is -0.821. The van der Waals surface area contributed by atoms with E-state index in [0.717, 1.165) is 30.8 Å². The fourth-order valence-corrected chi connectivity index (χ4v) is 2.25. The number of carboxylic acid groups (broad SMARTS) is 1. The Balaban J connectivity index is 2.15. The molecule has 2 atom stereocenters. The predicted octanol–water partition coefficient (Wildman–Crippen LogP) is 2.14. The summed E-state index contributed by atoms with van der Waals surface area (Å²) in [5.74, 6) is 0.137. The van der Waals surface area contributed by atoms with E-state index in [1.54, 1.807) is 6.92 Å². The van der Waals surface area contributed by atoms with Gasteiger partial charge in [0.05, 0.1) is 6.61 Å². The molecule has 0 aliphatic carbocycles. The number of carbonyl (C=O) groups is 1. The second-order valence-electron chi connectivity index (χ2n) is 4.65. The highest BCUT2D eigenvalue weighted by Crippen LogP contribution is 2.29. The van der Waals surface area contributed by atoms with Crippen molar-refractivity contribution in [1.29, 1.82) is 0 Å². The third kappa shape index (κ3) is 2.64. The highest BCUT2D eigenvalue weighted by Gasteiger charge is 2.19. The van der Waals surface area contributed by atoms with Gasteiger partial charge in [0.1, 0.15) is 11.8 Å². The number of rotatable bonds is 5. The Kier molecular flexibility index (Phi) is 3.87. The molecule has 18 heavy (non-hydrogen) atoms. The van der Waals surface area contributed by atoms with Crippen molar-refractivity contribution < 1.29 is 14.6 Å². The molecular weight excluding hydrogens is 230 g/mol. The normalized spacial score (nSPS) is 16.8. The Bertz CT molecular complexity index is 445. The Hall–Kier alpha value is -1.55. The van der Waals surface area contributed by atoms with Gasteiger partial charge in [-0.2, -0.15) is 0 Å². The van der Waals surface area contributed by atoms with Crippen molar-refractivity contribution in [2.45, 2.75) is 38.8 Å². The number of fused-ring (bicyclic) bond motifs is 1. The Morgan fingerprint density at radius 3 is 3.00 bits per heavy atom. The zero-order chi connectivity index (χ0) is 13.1. The van der Waals surface area contributed by atoms with Crippen LogP contribution in [0.4, 0.5) is 0 Å². The Morgan fingerprint density at radius 2 is 2.33 bits per heavy atom. The third-order valence-electron chi connectivity index (χ3n) is 3.35. The van der Waals surface area contributed by atoms with Crippen LogP contribution in [-0.2, 0) is 11.2 Å². The van der Waals surface area contributed by atoms with Crippen LogP contribution in [-0.4, -0.2) is 23.7 Å². The fourth-order valence-electron chi connectivity index (χ4n) is 2.25. The molecule has 0 amide bonds. The van der Waals surface area contributed by atoms with Crippen LogP contribution in [0.3, 0.4) is 0 Å². The molecule has 0 aromatic heterocycles. The van der Waals surface area contributed by atoms with Crippen LogP contribution in [0.2, 0.25) is 0 Å². The van der Waals surface area contributed by atoms with Gasteiger partial charge >= 0.3 is 5.97 Å². The lowest BCUT2D eigenvalue weighted by Gasteiger charge is -2.20. The summed E-state index contributed by atoms with van der Waals surface area (Å²) in [6.45, 7) is 4.46. The molecule has 0 saturated heterocycles. The molecule has 2 rings (SSSR count). The molecule has 0 radical (unpaired) electrons.